The van der Waals surface area contributed by atoms with Crippen LogP contribution in [0.2, 0.25) is 0 Å². The van der Waals surface area contributed by atoms with Crippen molar-refractivity contribution in [2.75, 3.05) is 23.3 Å². The van der Waals surface area contributed by atoms with Crippen LogP contribution in [0, 0.1) is 0 Å². The van der Waals surface area contributed by atoms with E-state index in [0.29, 0.717) is 11.5 Å². The number of primary sulfonamides is 1. The zero-order valence-corrected chi connectivity index (χ0v) is 10.2. The first-order valence-electron chi connectivity index (χ1n) is 4.04. The summed E-state index contributed by atoms with van der Waals surface area (Å²) in [6.07, 6.45) is 1.57. The number of nitrogens with zero attached hydrogens (tertiary/aromatic N) is 1. The highest BCUT2D eigenvalue weighted by atomic mass is 79.9. The van der Waals surface area contributed by atoms with Gasteiger partial charge in [0.15, 0.2) is 0 Å². The molecule has 0 bridgehead atoms. The molecule has 0 radical (unpaired) electrons. The number of nitrogen functional groups attached to an aromatic ring is 1. The molecule has 0 fully saturated rings. The molecule has 1 aromatic rings. The van der Waals surface area contributed by atoms with Crippen LogP contribution in [0.15, 0.2) is 16.7 Å². The predicted molar refractivity (Wildman–Crippen MR) is 62.8 cm³/mol. The molecule has 15 heavy (non-hydrogen) atoms. The Morgan fingerprint density at radius 2 is 2.20 bits per heavy atom. The molecule has 0 unspecified atom stereocenters. The number of rotatable bonds is 4. The van der Waals surface area contributed by atoms with Gasteiger partial charge in [0.25, 0.3) is 0 Å². The zero-order valence-electron chi connectivity index (χ0n) is 7.77. The Labute approximate surface area is 96.2 Å². The maximum absolute atomic E-state index is 10.6. The van der Waals surface area contributed by atoms with Crippen molar-refractivity contribution in [1.29, 1.82) is 0 Å². The SMILES string of the molecule is Nc1cc(Br)cnc1NCCS(N)(=O)=O. The molecule has 0 spiro atoms. The summed E-state index contributed by atoms with van der Waals surface area (Å²) in [5.74, 6) is 0.284. The lowest BCUT2D eigenvalue weighted by molar-refractivity contribution is 0.598. The maximum Gasteiger partial charge on any atom is 0.210 e. The van der Waals surface area contributed by atoms with Crippen LogP contribution in [0.25, 0.3) is 0 Å². The average Bonchev–Trinajstić information content (AvgIpc) is 2.07. The summed E-state index contributed by atoms with van der Waals surface area (Å²) < 4.78 is 22.0. The fourth-order valence-corrected chi connectivity index (χ4v) is 1.65. The Hall–Kier alpha value is -0.860. The van der Waals surface area contributed by atoms with E-state index in [2.05, 4.69) is 26.2 Å². The summed E-state index contributed by atoms with van der Waals surface area (Å²) in [7, 11) is -3.46. The van der Waals surface area contributed by atoms with Gasteiger partial charge in [-0.25, -0.2) is 18.5 Å². The van der Waals surface area contributed by atoms with Crippen LogP contribution in [0.4, 0.5) is 11.5 Å². The molecule has 8 heteroatoms. The number of aromatic nitrogens is 1. The Morgan fingerprint density at radius 3 is 2.73 bits per heavy atom. The molecule has 0 aliphatic rings. The summed E-state index contributed by atoms with van der Waals surface area (Å²) >= 11 is 3.21. The van der Waals surface area contributed by atoms with E-state index in [1.807, 2.05) is 0 Å². The quantitative estimate of drug-likeness (QED) is 0.731. The van der Waals surface area contributed by atoms with Crippen molar-refractivity contribution in [3.63, 3.8) is 0 Å². The van der Waals surface area contributed by atoms with Gasteiger partial charge in [-0.2, -0.15) is 0 Å². The van der Waals surface area contributed by atoms with Gasteiger partial charge in [-0.05, 0) is 22.0 Å². The third-order valence-corrected chi connectivity index (χ3v) is 2.77. The topological polar surface area (TPSA) is 111 Å². The van der Waals surface area contributed by atoms with Crippen LogP contribution in [0.1, 0.15) is 0 Å². The largest absolute Gasteiger partial charge is 0.396 e. The Kier molecular flexibility index (Phi) is 3.89. The van der Waals surface area contributed by atoms with Gasteiger partial charge in [0, 0.05) is 17.2 Å². The van der Waals surface area contributed by atoms with Crippen molar-refractivity contribution >= 4 is 37.5 Å². The molecule has 0 aromatic carbocycles. The number of hydrogen-bond acceptors (Lipinski definition) is 5. The van der Waals surface area contributed by atoms with Crippen molar-refractivity contribution in [3.05, 3.63) is 16.7 Å². The average molecular weight is 295 g/mol. The Morgan fingerprint density at radius 1 is 1.53 bits per heavy atom. The second-order valence-corrected chi connectivity index (χ2v) is 5.53. The van der Waals surface area contributed by atoms with Gasteiger partial charge < -0.3 is 11.1 Å². The zero-order chi connectivity index (χ0) is 11.5. The molecule has 0 aliphatic heterocycles. The Balaban J connectivity index is 2.59. The van der Waals surface area contributed by atoms with Gasteiger partial charge in [0.05, 0.1) is 11.4 Å². The smallest absolute Gasteiger partial charge is 0.210 e. The third kappa shape index (κ3) is 4.45. The summed E-state index contributed by atoms with van der Waals surface area (Å²) in [6, 6.07) is 1.67. The number of pyridine rings is 1. The number of anilines is 2. The van der Waals surface area contributed by atoms with Gasteiger partial charge in [-0.3, -0.25) is 0 Å². The molecule has 0 saturated heterocycles. The monoisotopic (exact) mass is 294 g/mol. The summed E-state index contributed by atoms with van der Waals surface area (Å²) in [6.45, 7) is 0.178. The summed E-state index contributed by atoms with van der Waals surface area (Å²) in [4.78, 5) is 3.98. The second-order valence-electron chi connectivity index (χ2n) is 2.89. The van der Waals surface area contributed by atoms with Crippen molar-refractivity contribution in [3.8, 4) is 0 Å². The molecule has 84 valence electrons. The highest BCUT2D eigenvalue weighted by Gasteiger charge is 2.04. The fraction of sp³-hybridized carbons (Fsp3) is 0.286. The molecule has 0 amide bonds. The molecule has 5 N–H and O–H groups in total. The minimum absolute atomic E-state index is 0.163. The van der Waals surface area contributed by atoms with Crippen LogP contribution >= 0.6 is 15.9 Å². The first kappa shape index (κ1) is 12.2. The van der Waals surface area contributed by atoms with E-state index >= 15 is 0 Å². The van der Waals surface area contributed by atoms with Crippen LogP contribution < -0.4 is 16.2 Å². The van der Waals surface area contributed by atoms with Crippen LogP contribution in [-0.2, 0) is 10.0 Å². The molecule has 1 aromatic heterocycles. The highest BCUT2D eigenvalue weighted by Crippen LogP contribution is 2.19. The molecule has 0 aliphatic carbocycles. The van der Waals surface area contributed by atoms with Crippen LogP contribution in [0.3, 0.4) is 0 Å². The van der Waals surface area contributed by atoms with E-state index < -0.39 is 10.0 Å². The van der Waals surface area contributed by atoms with E-state index in [4.69, 9.17) is 10.9 Å². The molecule has 0 atom stereocenters. The van der Waals surface area contributed by atoms with E-state index in [9.17, 15) is 8.42 Å². The van der Waals surface area contributed by atoms with Crippen molar-refractivity contribution in [2.24, 2.45) is 5.14 Å². The Bertz CT molecular complexity index is 448. The van der Waals surface area contributed by atoms with Crippen molar-refractivity contribution in [1.82, 2.24) is 4.98 Å². The number of sulfonamides is 1. The second kappa shape index (κ2) is 4.77. The number of halogens is 1. The molecule has 1 rings (SSSR count). The highest BCUT2D eigenvalue weighted by molar-refractivity contribution is 9.10. The lowest BCUT2D eigenvalue weighted by atomic mass is 10.4. The number of hydrogen-bond donors (Lipinski definition) is 3. The number of nitrogens with one attached hydrogen (secondary N) is 1. The lowest BCUT2D eigenvalue weighted by Gasteiger charge is -2.07. The molecule has 6 nitrogen and oxygen atoms in total. The first-order chi connectivity index (χ1) is 6.88. The van der Waals surface area contributed by atoms with Gasteiger partial charge in [0.2, 0.25) is 10.0 Å². The standard InChI is InChI=1S/C7H11BrN4O2S/c8-5-3-6(9)7(12-4-5)11-1-2-15(10,13)14/h3-4H,1-2,9H2,(H,11,12)(H2,10,13,14). The summed E-state index contributed by atoms with van der Waals surface area (Å²) in [5, 5.41) is 7.62. The predicted octanol–water partition coefficient (Wildman–Crippen LogP) is 0.127. The molecular weight excluding hydrogens is 284 g/mol. The van der Waals surface area contributed by atoms with Crippen molar-refractivity contribution in [2.45, 2.75) is 0 Å². The van der Waals surface area contributed by atoms with Gasteiger partial charge >= 0.3 is 0 Å². The molecule has 0 saturated carbocycles. The van der Waals surface area contributed by atoms with Crippen molar-refractivity contribution < 1.29 is 8.42 Å². The van der Waals surface area contributed by atoms with Crippen LogP contribution in [-0.4, -0.2) is 25.7 Å². The number of nitrogens with two attached hydrogens (primary N) is 2. The molecule has 1 heterocycles. The summed E-state index contributed by atoms with van der Waals surface area (Å²) in [5.41, 5.74) is 6.08. The third-order valence-electron chi connectivity index (χ3n) is 1.56. The van der Waals surface area contributed by atoms with Gasteiger partial charge in [-0.1, -0.05) is 0 Å². The lowest BCUT2D eigenvalue weighted by Crippen LogP contribution is -2.22. The van der Waals surface area contributed by atoms with Gasteiger partial charge in [-0.15, -0.1) is 0 Å². The van der Waals surface area contributed by atoms with E-state index in [1.54, 1.807) is 12.3 Å². The van der Waals surface area contributed by atoms with Crippen LogP contribution in [0.5, 0.6) is 0 Å². The molecular formula is C7H11BrN4O2S. The van der Waals surface area contributed by atoms with E-state index in [-0.39, 0.29) is 12.3 Å². The maximum atomic E-state index is 10.6. The first-order valence-corrected chi connectivity index (χ1v) is 6.55. The fourth-order valence-electron chi connectivity index (χ4n) is 0.914. The van der Waals surface area contributed by atoms with E-state index in [1.165, 1.54) is 0 Å². The van der Waals surface area contributed by atoms with E-state index in [0.717, 1.165) is 4.47 Å². The minimum atomic E-state index is -3.46. The normalized spacial score (nSPS) is 11.3. The van der Waals surface area contributed by atoms with Gasteiger partial charge in [0.1, 0.15) is 5.82 Å². The minimum Gasteiger partial charge on any atom is -0.396 e.